The quantitative estimate of drug-likeness (QED) is 0.583. The van der Waals surface area contributed by atoms with E-state index in [1.165, 1.54) is 0 Å². The maximum Gasteiger partial charge on any atom is 0.240 e. The van der Waals surface area contributed by atoms with E-state index >= 15 is 0 Å². The molecule has 1 fully saturated rings. The molecule has 0 atom stereocenters. The maximum atomic E-state index is 12.6. The van der Waals surface area contributed by atoms with E-state index in [1.807, 2.05) is 42.5 Å². The number of piperidine rings is 1. The Morgan fingerprint density at radius 2 is 1.63 bits per heavy atom. The van der Waals surface area contributed by atoms with Gasteiger partial charge >= 0.3 is 0 Å². The van der Waals surface area contributed by atoms with E-state index < -0.39 is 10.0 Å². The van der Waals surface area contributed by atoms with Gasteiger partial charge in [0.15, 0.2) is 0 Å². The Labute approximate surface area is 177 Å². The molecule has 1 aliphatic rings. The normalized spacial score (nSPS) is 15.9. The first-order valence-electron chi connectivity index (χ1n) is 10.2. The highest BCUT2D eigenvalue weighted by Crippen LogP contribution is 2.23. The topological polar surface area (TPSA) is 71.8 Å². The Morgan fingerprint density at radius 3 is 2.30 bits per heavy atom. The molecule has 4 rings (SSSR count). The zero-order valence-electron chi connectivity index (χ0n) is 16.7. The summed E-state index contributed by atoms with van der Waals surface area (Å²) in [7, 11) is -3.54. The average Bonchev–Trinajstić information content (AvgIpc) is 3.28. The molecule has 0 aliphatic carbocycles. The van der Waals surface area contributed by atoms with Crippen LogP contribution in [0.3, 0.4) is 0 Å². The van der Waals surface area contributed by atoms with E-state index in [9.17, 15) is 8.42 Å². The molecule has 1 aromatic heterocycles. The van der Waals surface area contributed by atoms with Gasteiger partial charge in [-0.2, -0.15) is 0 Å². The number of hydrogen-bond donors (Lipinski definition) is 1. The molecule has 1 aliphatic heterocycles. The predicted octanol–water partition coefficient (Wildman–Crippen LogP) is 4.26. The Morgan fingerprint density at radius 1 is 0.933 bits per heavy atom. The second-order valence-corrected chi connectivity index (χ2v) is 9.30. The third kappa shape index (κ3) is 5.50. The number of ether oxygens (including phenoxy) is 1. The van der Waals surface area contributed by atoms with Crippen molar-refractivity contribution in [2.24, 2.45) is 5.92 Å². The van der Waals surface area contributed by atoms with Crippen LogP contribution in [0.1, 0.15) is 18.6 Å². The van der Waals surface area contributed by atoms with Gasteiger partial charge in [-0.25, -0.2) is 13.1 Å². The Kier molecular flexibility index (Phi) is 6.52. The van der Waals surface area contributed by atoms with E-state index in [-0.39, 0.29) is 4.90 Å². The first kappa shape index (κ1) is 20.7. The van der Waals surface area contributed by atoms with Gasteiger partial charge in [0, 0.05) is 6.54 Å². The van der Waals surface area contributed by atoms with Crippen molar-refractivity contribution < 1.29 is 17.6 Å². The zero-order chi connectivity index (χ0) is 20.8. The van der Waals surface area contributed by atoms with Crippen molar-refractivity contribution in [3.63, 3.8) is 0 Å². The molecule has 1 N–H and O–H groups in total. The molecule has 7 heteroatoms. The van der Waals surface area contributed by atoms with Crippen LogP contribution in [0.5, 0.6) is 11.5 Å². The largest absolute Gasteiger partial charge is 0.468 e. The molecule has 158 valence electrons. The fourth-order valence-corrected chi connectivity index (χ4v) is 4.71. The zero-order valence-corrected chi connectivity index (χ0v) is 17.6. The number of benzene rings is 2. The van der Waals surface area contributed by atoms with Crippen molar-refractivity contribution in [3.05, 3.63) is 78.8 Å². The molecular formula is C23H26N2O4S. The lowest BCUT2D eigenvalue weighted by Gasteiger charge is -2.31. The smallest absolute Gasteiger partial charge is 0.240 e. The van der Waals surface area contributed by atoms with Gasteiger partial charge in [0.1, 0.15) is 17.3 Å². The summed E-state index contributed by atoms with van der Waals surface area (Å²) in [5.74, 6) is 2.62. The van der Waals surface area contributed by atoms with Crippen molar-refractivity contribution in [1.82, 2.24) is 9.62 Å². The summed E-state index contributed by atoms with van der Waals surface area (Å²) < 4.78 is 39.2. The summed E-state index contributed by atoms with van der Waals surface area (Å²) in [6.07, 6.45) is 3.62. The lowest BCUT2D eigenvalue weighted by Crippen LogP contribution is -2.38. The van der Waals surface area contributed by atoms with Crippen LogP contribution in [0, 0.1) is 5.92 Å². The van der Waals surface area contributed by atoms with Crippen LogP contribution in [0.25, 0.3) is 0 Å². The summed E-state index contributed by atoms with van der Waals surface area (Å²) in [5, 5.41) is 0. The number of para-hydroxylation sites is 1. The van der Waals surface area contributed by atoms with Crippen LogP contribution in [-0.2, 0) is 16.6 Å². The fraction of sp³-hybridized carbons (Fsp3) is 0.304. The van der Waals surface area contributed by atoms with E-state index in [0.717, 1.165) is 38.2 Å². The SMILES string of the molecule is O=S(=O)(NCC1CCN(Cc2ccco2)CC1)c1ccc(Oc2ccccc2)cc1. The minimum absolute atomic E-state index is 0.248. The molecular weight excluding hydrogens is 400 g/mol. The van der Waals surface area contributed by atoms with Gasteiger partial charge in [-0.3, -0.25) is 4.90 Å². The molecule has 2 aromatic carbocycles. The van der Waals surface area contributed by atoms with Crippen LogP contribution in [0.2, 0.25) is 0 Å². The molecule has 0 amide bonds. The maximum absolute atomic E-state index is 12.6. The van der Waals surface area contributed by atoms with Gasteiger partial charge in [-0.15, -0.1) is 0 Å². The molecule has 0 radical (unpaired) electrons. The minimum atomic E-state index is -3.54. The number of rotatable bonds is 8. The molecule has 0 bridgehead atoms. The van der Waals surface area contributed by atoms with Crippen molar-refractivity contribution >= 4 is 10.0 Å². The summed E-state index contributed by atoms with van der Waals surface area (Å²) in [6.45, 7) is 3.15. The van der Waals surface area contributed by atoms with Crippen molar-refractivity contribution in [3.8, 4) is 11.5 Å². The van der Waals surface area contributed by atoms with Gasteiger partial charge in [0.05, 0.1) is 17.7 Å². The Balaban J connectivity index is 1.26. The van der Waals surface area contributed by atoms with Crippen molar-refractivity contribution in [1.29, 1.82) is 0 Å². The molecule has 0 spiro atoms. The summed E-state index contributed by atoms with van der Waals surface area (Å²) in [6, 6.07) is 19.8. The fourth-order valence-electron chi connectivity index (χ4n) is 3.59. The summed E-state index contributed by atoms with van der Waals surface area (Å²) >= 11 is 0. The monoisotopic (exact) mass is 426 g/mol. The number of hydrogen-bond acceptors (Lipinski definition) is 5. The second kappa shape index (κ2) is 9.47. The number of likely N-dealkylation sites (tertiary alicyclic amines) is 1. The number of sulfonamides is 1. The van der Waals surface area contributed by atoms with Crippen LogP contribution in [-0.4, -0.2) is 33.0 Å². The lowest BCUT2D eigenvalue weighted by atomic mass is 9.97. The van der Waals surface area contributed by atoms with Crippen LogP contribution in [0.15, 0.2) is 82.3 Å². The van der Waals surface area contributed by atoms with Crippen LogP contribution in [0.4, 0.5) is 0 Å². The van der Waals surface area contributed by atoms with Gasteiger partial charge in [-0.05, 0) is 80.4 Å². The average molecular weight is 427 g/mol. The van der Waals surface area contributed by atoms with Crippen LogP contribution < -0.4 is 9.46 Å². The highest BCUT2D eigenvalue weighted by Gasteiger charge is 2.22. The first-order valence-corrected chi connectivity index (χ1v) is 11.6. The minimum Gasteiger partial charge on any atom is -0.468 e. The standard InChI is InChI=1S/C23H26N2O4S/c26-30(27,23-10-8-21(9-11-23)29-20-5-2-1-3-6-20)24-17-19-12-14-25(15-13-19)18-22-7-4-16-28-22/h1-11,16,19,24H,12-15,17-18H2. The van der Waals surface area contributed by atoms with Gasteiger partial charge in [0.2, 0.25) is 10.0 Å². The Hall–Kier alpha value is -2.61. The van der Waals surface area contributed by atoms with E-state index in [0.29, 0.717) is 24.0 Å². The van der Waals surface area contributed by atoms with Crippen molar-refractivity contribution in [2.75, 3.05) is 19.6 Å². The Bertz CT molecular complexity index is 1010. The first-order chi connectivity index (χ1) is 14.6. The second-order valence-electron chi connectivity index (χ2n) is 7.54. The number of nitrogens with zero attached hydrogens (tertiary/aromatic N) is 1. The van der Waals surface area contributed by atoms with Gasteiger partial charge in [0.25, 0.3) is 0 Å². The van der Waals surface area contributed by atoms with Crippen molar-refractivity contribution in [2.45, 2.75) is 24.3 Å². The molecule has 0 unspecified atom stereocenters. The molecule has 6 nitrogen and oxygen atoms in total. The molecule has 1 saturated heterocycles. The van der Waals surface area contributed by atoms with E-state index in [2.05, 4.69) is 9.62 Å². The molecule has 2 heterocycles. The molecule has 30 heavy (non-hydrogen) atoms. The van der Waals surface area contributed by atoms with E-state index in [4.69, 9.17) is 9.15 Å². The van der Waals surface area contributed by atoms with Gasteiger partial charge < -0.3 is 9.15 Å². The lowest BCUT2D eigenvalue weighted by molar-refractivity contribution is 0.168. The number of nitrogens with one attached hydrogen (secondary N) is 1. The van der Waals surface area contributed by atoms with E-state index in [1.54, 1.807) is 30.5 Å². The highest BCUT2D eigenvalue weighted by molar-refractivity contribution is 7.89. The molecule has 0 saturated carbocycles. The molecule has 3 aromatic rings. The third-order valence-electron chi connectivity index (χ3n) is 5.34. The highest BCUT2D eigenvalue weighted by atomic mass is 32.2. The van der Waals surface area contributed by atoms with Gasteiger partial charge in [-0.1, -0.05) is 18.2 Å². The van der Waals surface area contributed by atoms with Crippen LogP contribution >= 0.6 is 0 Å². The number of furan rings is 1. The summed E-state index contributed by atoms with van der Waals surface area (Å²) in [4.78, 5) is 2.59. The third-order valence-corrected chi connectivity index (χ3v) is 6.78. The summed E-state index contributed by atoms with van der Waals surface area (Å²) in [5.41, 5.74) is 0. The predicted molar refractivity (Wildman–Crippen MR) is 115 cm³/mol.